The zero-order valence-corrected chi connectivity index (χ0v) is 17.0. The van der Waals surface area contributed by atoms with Gasteiger partial charge in [0, 0.05) is 38.1 Å². The number of pyridine rings is 1. The molecule has 2 fully saturated rings. The van der Waals surface area contributed by atoms with Crippen LogP contribution >= 0.6 is 0 Å². The quantitative estimate of drug-likeness (QED) is 0.542. The van der Waals surface area contributed by atoms with Crippen LogP contribution in [0.1, 0.15) is 12.8 Å². The number of carbonyl (C=O) groups is 1. The largest absolute Gasteiger partial charge is 0.344 e. The Labute approximate surface area is 177 Å². The highest BCUT2D eigenvalue weighted by molar-refractivity contribution is 5.90. The number of likely N-dealkylation sites (N-methyl/N-ethyl adjacent to an activating group) is 1. The first-order valence-electron chi connectivity index (χ1n) is 10.4. The van der Waals surface area contributed by atoms with Crippen LogP contribution in [0.25, 0.3) is 28.0 Å². The van der Waals surface area contributed by atoms with Crippen molar-refractivity contribution in [2.75, 3.05) is 25.0 Å². The van der Waals surface area contributed by atoms with Crippen LogP contribution in [0.2, 0.25) is 0 Å². The minimum absolute atomic E-state index is 0.147. The molecule has 2 bridgehead atoms. The number of nitrogens with one attached hydrogen (secondary N) is 1. The zero-order valence-electron chi connectivity index (χ0n) is 17.0. The van der Waals surface area contributed by atoms with E-state index >= 15 is 0 Å². The number of hydrogen-bond acceptors (Lipinski definition) is 7. The molecule has 31 heavy (non-hydrogen) atoms. The van der Waals surface area contributed by atoms with Gasteiger partial charge in [0.2, 0.25) is 11.9 Å². The average molecular weight is 415 g/mol. The fourth-order valence-corrected chi connectivity index (χ4v) is 4.55. The molecule has 1 amide bonds. The second-order valence-electron chi connectivity index (χ2n) is 8.21. The average Bonchev–Trinajstić information content (AvgIpc) is 3.52. The van der Waals surface area contributed by atoms with E-state index in [0.717, 1.165) is 48.2 Å². The molecule has 2 aliphatic rings. The summed E-state index contributed by atoms with van der Waals surface area (Å²) in [5, 5.41) is 11.9. The Morgan fingerprint density at radius 3 is 3.03 bits per heavy atom. The third-order valence-electron chi connectivity index (χ3n) is 6.23. The summed E-state index contributed by atoms with van der Waals surface area (Å²) in [5.41, 5.74) is 3.88. The molecule has 0 radical (unpaired) electrons. The van der Waals surface area contributed by atoms with Gasteiger partial charge in [-0.05, 0) is 30.9 Å². The number of anilines is 1. The molecule has 2 atom stereocenters. The van der Waals surface area contributed by atoms with E-state index in [0.29, 0.717) is 17.6 Å². The number of aromatic amines is 1. The van der Waals surface area contributed by atoms with Gasteiger partial charge >= 0.3 is 0 Å². The summed E-state index contributed by atoms with van der Waals surface area (Å²) in [7, 11) is 1.87. The highest BCUT2D eigenvalue weighted by Crippen LogP contribution is 2.34. The topological polar surface area (TPSA) is 109 Å². The molecular formula is C21H21N9O. The van der Waals surface area contributed by atoms with Crippen molar-refractivity contribution in [3.63, 3.8) is 0 Å². The van der Waals surface area contributed by atoms with Gasteiger partial charge < -0.3 is 9.80 Å². The first-order chi connectivity index (χ1) is 15.2. The van der Waals surface area contributed by atoms with Gasteiger partial charge in [-0.1, -0.05) is 0 Å². The van der Waals surface area contributed by atoms with Gasteiger partial charge in [-0.15, -0.1) is 0 Å². The Kier molecular flexibility index (Phi) is 3.98. The SMILES string of the molecule is CN1CCC2CC(C1=O)N(c1ncc3[nH]nc(-c4cnn(-c5cccnc5)c4)c3n1)C2. The van der Waals surface area contributed by atoms with Crippen molar-refractivity contribution >= 4 is 22.9 Å². The first kappa shape index (κ1) is 18.0. The van der Waals surface area contributed by atoms with Gasteiger partial charge in [0.1, 0.15) is 22.8 Å². The summed E-state index contributed by atoms with van der Waals surface area (Å²) in [6.45, 7) is 1.63. The molecule has 0 spiro atoms. The molecule has 1 N–H and O–H groups in total. The molecule has 0 aromatic carbocycles. The number of nitrogens with zero attached hydrogens (tertiary/aromatic N) is 8. The lowest BCUT2D eigenvalue weighted by atomic mass is 10.0. The number of carbonyl (C=O) groups excluding carboxylic acids is 1. The maximum Gasteiger partial charge on any atom is 0.245 e. The molecule has 10 nitrogen and oxygen atoms in total. The number of aromatic nitrogens is 7. The molecule has 0 aliphatic carbocycles. The lowest BCUT2D eigenvalue weighted by molar-refractivity contribution is -0.130. The number of H-pyrrole nitrogens is 1. The summed E-state index contributed by atoms with van der Waals surface area (Å²) in [4.78, 5) is 30.2. The number of fused-ring (bicyclic) bond motifs is 3. The molecule has 0 saturated carbocycles. The third kappa shape index (κ3) is 2.94. The van der Waals surface area contributed by atoms with Crippen LogP contribution in [0.5, 0.6) is 0 Å². The monoisotopic (exact) mass is 415 g/mol. The fraction of sp³-hybridized carbons (Fsp3) is 0.333. The van der Waals surface area contributed by atoms with Crippen LogP contribution in [0.15, 0.2) is 43.1 Å². The third-order valence-corrected chi connectivity index (χ3v) is 6.23. The number of hydrogen-bond donors (Lipinski definition) is 1. The van der Waals surface area contributed by atoms with Gasteiger partial charge in [-0.3, -0.25) is 14.9 Å². The maximum atomic E-state index is 12.8. The summed E-state index contributed by atoms with van der Waals surface area (Å²) >= 11 is 0. The highest BCUT2D eigenvalue weighted by Gasteiger charge is 2.42. The van der Waals surface area contributed by atoms with Crippen molar-refractivity contribution in [1.82, 2.24) is 39.8 Å². The van der Waals surface area contributed by atoms with Gasteiger partial charge in [0.05, 0.1) is 24.3 Å². The van der Waals surface area contributed by atoms with E-state index in [9.17, 15) is 4.79 Å². The molecule has 156 valence electrons. The van der Waals surface area contributed by atoms with E-state index in [1.54, 1.807) is 29.5 Å². The van der Waals surface area contributed by atoms with E-state index in [4.69, 9.17) is 4.98 Å². The molecular weight excluding hydrogens is 394 g/mol. The van der Waals surface area contributed by atoms with E-state index in [-0.39, 0.29) is 11.9 Å². The second-order valence-corrected chi connectivity index (χ2v) is 8.21. The van der Waals surface area contributed by atoms with E-state index in [1.807, 2.05) is 30.3 Å². The molecule has 6 rings (SSSR count). The molecule has 2 saturated heterocycles. The Bertz CT molecular complexity index is 1260. The van der Waals surface area contributed by atoms with E-state index in [1.165, 1.54) is 0 Å². The van der Waals surface area contributed by atoms with Crippen LogP contribution in [0.3, 0.4) is 0 Å². The van der Waals surface area contributed by atoms with Crippen molar-refractivity contribution in [1.29, 1.82) is 0 Å². The van der Waals surface area contributed by atoms with Crippen molar-refractivity contribution in [2.45, 2.75) is 18.9 Å². The van der Waals surface area contributed by atoms with Gasteiger partial charge in [-0.2, -0.15) is 10.2 Å². The smallest absolute Gasteiger partial charge is 0.245 e. The van der Waals surface area contributed by atoms with Crippen LogP contribution in [-0.2, 0) is 4.79 Å². The van der Waals surface area contributed by atoms with Crippen LogP contribution in [0, 0.1) is 5.92 Å². The summed E-state index contributed by atoms with van der Waals surface area (Å²) < 4.78 is 1.76. The Morgan fingerprint density at radius 1 is 1.23 bits per heavy atom. The Balaban J connectivity index is 1.38. The lowest BCUT2D eigenvalue weighted by Gasteiger charge is -2.28. The Morgan fingerprint density at radius 2 is 2.16 bits per heavy atom. The number of amides is 1. The van der Waals surface area contributed by atoms with Crippen molar-refractivity contribution in [2.24, 2.45) is 5.92 Å². The van der Waals surface area contributed by atoms with Crippen molar-refractivity contribution < 1.29 is 4.79 Å². The zero-order chi connectivity index (χ0) is 20.9. The normalized spacial score (nSPS) is 21.1. The van der Waals surface area contributed by atoms with Crippen molar-refractivity contribution in [3.8, 4) is 16.9 Å². The standard InChI is InChI=1S/C21H21N9O/c1-28-6-4-13-7-17(20(28)31)29(11-13)21-23-10-16-19(25-21)18(27-26-16)14-8-24-30(12-14)15-3-2-5-22-9-15/h2-3,5,8-10,12-13,17H,4,6-7,11H2,1H3,(H,26,27). The molecule has 2 unspecified atom stereocenters. The predicted molar refractivity (Wildman–Crippen MR) is 114 cm³/mol. The summed E-state index contributed by atoms with van der Waals surface area (Å²) in [6.07, 6.45) is 10.8. The second kappa shape index (κ2) is 6.86. The Hall–Kier alpha value is -3.82. The lowest BCUT2D eigenvalue weighted by Crippen LogP contribution is -2.45. The van der Waals surface area contributed by atoms with Gasteiger partial charge in [0.25, 0.3) is 0 Å². The predicted octanol–water partition coefficient (Wildman–Crippen LogP) is 1.66. The molecule has 4 aromatic heterocycles. The molecule has 6 heterocycles. The summed E-state index contributed by atoms with van der Waals surface area (Å²) in [6, 6.07) is 3.61. The number of likely N-dealkylation sites (tertiary alicyclic amines) is 1. The number of rotatable bonds is 3. The molecule has 2 aliphatic heterocycles. The fourth-order valence-electron chi connectivity index (χ4n) is 4.55. The minimum Gasteiger partial charge on any atom is -0.344 e. The maximum absolute atomic E-state index is 12.8. The minimum atomic E-state index is -0.196. The van der Waals surface area contributed by atoms with Gasteiger partial charge in [0.15, 0.2) is 0 Å². The van der Waals surface area contributed by atoms with Crippen molar-refractivity contribution in [3.05, 3.63) is 43.1 Å². The van der Waals surface area contributed by atoms with Crippen LogP contribution in [-0.4, -0.2) is 71.9 Å². The molecule has 4 aromatic rings. The first-order valence-corrected chi connectivity index (χ1v) is 10.4. The highest BCUT2D eigenvalue weighted by atomic mass is 16.2. The summed E-state index contributed by atoms with van der Waals surface area (Å²) in [5.74, 6) is 1.21. The van der Waals surface area contributed by atoms with E-state index < -0.39 is 0 Å². The van der Waals surface area contributed by atoms with Gasteiger partial charge in [-0.25, -0.2) is 14.6 Å². The molecule has 10 heteroatoms. The van der Waals surface area contributed by atoms with E-state index in [2.05, 4.69) is 30.2 Å². The van der Waals surface area contributed by atoms with Crippen LogP contribution < -0.4 is 4.90 Å². The van der Waals surface area contributed by atoms with Crippen LogP contribution in [0.4, 0.5) is 5.95 Å².